The van der Waals surface area contributed by atoms with Crippen molar-refractivity contribution in [3.63, 3.8) is 0 Å². The van der Waals surface area contributed by atoms with Gasteiger partial charge in [-0.3, -0.25) is 0 Å². The second-order valence-electron chi connectivity index (χ2n) is 3.01. The van der Waals surface area contributed by atoms with Crippen LogP contribution in [0.1, 0.15) is 5.56 Å². The van der Waals surface area contributed by atoms with Crippen molar-refractivity contribution < 1.29 is 0 Å². The summed E-state index contributed by atoms with van der Waals surface area (Å²) in [6.45, 7) is 0. The Morgan fingerprint density at radius 2 is 1.85 bits per heavy atom. The number of alkyl halides is 2. The molecule has 0 aliphatic carbocycles. The Balaban J connectivity index is 2.62. The fraction of sp³-hybridized carbons (Fsp3) is 0.400. The van der Waals surface area contributed by atoms with Gasteiger partial charge in [0.05, 0.1) is 0 Å². The molecule has 13 heavy (non-hydrogen) atoms. The van der Waals surface area contributed by atoms with E-state index in [4.69, 9.17) is 0 Å². The molecule has 0 saturated heterocycles. The minimum absolute atomic E-state index is 0.675. The van der Waals surface area contributed by atoms with Crippen LogP contribution in [-0.4, -0.2) is 10.7 Å². The zero-order valence-corrected chi connectivity index (χ0v) is 11.9. The normalized spacial score (nSPS) is 10.8. The average molecular weight is 371 g/mol. The predicted octanol–water partition coefficient (Wildman–Crippen LogP) is 4.40. The van der Waals surface area contributed by atoms with E-state index in [-0.39, 0.29) is 0 Å². The molecule has 0 heterocycles. The van der Waals surface area contributed by atoms with Crippen molar-refractivity contribution in [3.8, 4) is 0 Å². The number of hydrogen-bond acceptors (Lipinski definition) is 0. The molecule has 0 aliphatic rings. The quantitative estimate of drug-likeness (QED) is 0.689. The van der Waals surface area contributed by atoms with Gasteiger partial charge in [-0.1, -0.05) is 59.9 Å². The molecule has 0 spiro atoms. The first-order chi connectivity index (χ1) is 6.26. The van der Waals surface area contributed by atoms with Crippen LogP contribution in [0.25, 0.3) is 0 Å². The third-order valence-electron chi connectivity index (χ3n) is 1.85. The summed E-state index contributed by atoms with van der Waals surface area (Å²) in [5, 5.41) is 2.09. The summed E-state index contributed by atoms with van der Waals surface area (Å²) in [6, 6.07) is 8.49. The van der Waals surface area contributed by atoms with Crippen molar-refractivity contribution in [2.24, 2.45) is 5.92 Å². The Hall–Kier alpha value is 0.660. The first kappa shape index (κ1) is 11.7. The van der Waals surface area contributed by atoms with Crippen molar-refractivity contribution in [2.45, 2.75) is 6.42 Å². The molecule has 0 nitrogen and oxygen atoms in total. The molecule has 72 valence electrons. The van der Waals surface area contributed by atoms with Gasteiger partial charge in [0.2, 0.25) is 0 Å². The van der Waals surface area contributed by atoms with Crippen LogP contribution < -0.4 is 0 Å². The topological polar surface area (TPSA) is 0 Å². The fourth-order valence-corrected chi connectivity index (χ4v) is 3.12. The van der Waals surface area contributed by atoms with E-state index in [9.17, 15) is 0 Å². The van der Waals surface area contributed by atoms with E-state index >= 15 is 0 Å². The van der Waals surface area contributed by atoms with Gasteiger partial charge < -0.3 is 0 Å². The Morgan fingerprint density at radius 1 is 1.15 bits per heavy atom. The van der Waals surface area contributed by atoms with E-state index in [0.717, 1.165) is 21.6 Å². The Kier molecular flexibility index (Phi) is 5.60. The molecule has 0 radical (unpaired) electrons. The van der Waals surface area contributed by atoms with Crippen molar-refractivity contribution in [3.05, 3.63) is 34.3 Å². The van der Waals surface area contributed by atoms with E-state index in [2.05, 4.69) is 72.1 Å². The zero-order chi connectivity index (χ0) is 9.68. The molecule has 1 aromatic rings. The molecule has 1 rings (SSSR count). The second-order valence-corrected chi connectivity index (χ2v) is 5.22. The standard InChI is InChI=1S/C10H11Br3/c11-6-9(7-12)4-8-2-1-3-10(13)5-8/h1-3,5,9H,4,6-7H2. The van der Waals surface area contributed by atoms with Crippen LogP contribution >= 0.6 is 47.8 Å². The highest BCUT2D eigenvalue weighted by molar-refractivity contribution is 9.10. The van der Waals surface area contributed by atoms with E-state index in [1.165, 1.54) is 5.56 Å². The summed E-state index contributed by atoms with van der Waals surface area (Å²) >= 11 is 10.5. The molecule has 0 aliphatic heterocycles. The molecule has 0 aromatic heterocycles. The summed E-state index contributed by atoms with van der Waals surface area (Å²) in [5.41, 5.74) is 1.39. The smallest absolute Gasteiger partial charge is 0.0177 e. The molecule has 0 saturated carbocycles. The maximum atomic E-state index is 3.51. The van der Waals surface area contributed by atoms with Crippen molar-refractivity contribution in [1.82, 2.24) is 0 Å². The van der Waals surface area contributed by atoms with Gasteiger partial charge in [-0.15, -0.1) is 0 Å². The summed E-state index contributed by atoms with van der Waals surface area (Å²) < 4.78 is 1.16. The fourth-order valence-electron chi connectivity index (χ4n) is 1.15. The van der Waals surface area contributed by atoms with E-state index < -0.39 is 0 Å². The molecule has 0 fully saturated rings. The lowest BCUT2D eigenvalue weighted by Gasteiger charge is -2.10. The van der Waals surface area contributed by atoms with Gasteiger partial charge in [-0.05, 0) is 30.0 Å². The predicted molar refractivity (Wildman–Crippen MR) is 68.9 cm³/mol. The largest absolute Gasteiger partial charge is 0.0925 e. The van der Waals surface area contributed by atoms with E-state index in [0.29, 0.717) is 5.92 Å². The number of benzene rings is 1. The van der Waals surface area contributed by atoms with Crippen LogP contribution in [-0.2, 0) is 6.42 Å². The van der Waals surface area contributed by atoms with Gasteiger partial charge in [0.1, 0.15) is 0 Å². The highest BCUT2D eigenvalue weighted by Gasteiger charge is 2.06. The molecule has 0 amide bonds. The zero-order valence-electron chi connectivity index (χ0n) is 7.14. The Bertz CT molecular complexity index is 256. The summed E-state index contributed by atoms with van der Waals surface area (Å²) in [4.78, 5) is 0. The molecule has 0 bridgehead atoms. The minimum atomic E-state index is 0.675. The number of hydrogen-bond donors (Lipinski definition) is 0. The van der Waals surface area contributed by atoms with Crippen LogP contribution in [0, 0.1) is 5.92 Å². The maximum Gasteiger partial charge on any atom is 0.0177 e. The third kappa shape index (κ3) is 4.13. The second kappa shape index (κ2) is 6.20. The number of rotatable bonds is 4. The lowest BCUT2D eigenvalue weighted by Crippen LogP contribution is -2.07. The SMILES string of the molecule is BrCC(CBr)Cc1cccc(Br)c1. The molecule has 1 aromatic carbocycles. The molecular weight excluding hydrogens is 360 g/mol. The highest BCUT2D eigenvalue weighted by Crippen LogP contribution is 2.17. The van der Waals surface area contributed by atoms with Gasteiger partial charge in [0, 0.05) is 15.1 Å². The lowest BCUT2D eigenvalue weighted by molar-refractivity contribution is 0.679. The van der Waals surface area contributed by atoms with Gasteiger partial charge in [-0.25, -0.2) is 0 Å². The monoisotopic (exact) mass is 368 g/mol. The first-order valence-corrected chi connectivity index (χ1v) is 7.16. The van der Waals surface area contributed by atoms with Crippen LogP contribution in [0.4, 0.5) is 0 Å². The summed E-state index contributed by atoms with van der Waals surface area (Å²) in [7, 11) is 0. The summed E-state index contributed by atoms with van der Waals surface area (Å²) in [5.74, 6) is 0.675. The summed E-state index contributed by atoms with van der Waals surface area (Å²) in [6.07, 6.45) is 1.12. The Labute approximate surface area is 104 Å². The highest BCUT2D eigenvalue weighted by atomic mass is 79.9. The molecule has 3 heteroatoms. The molecule has 0 unspecified atom stereocenters. The van der Waals surface area contributed by atoms with Crippen molar-refractivity contribution in [2.75, 3.05) is 10.7 Å². The molecule has 0 atom stereocenters. The van der Waals surface area contributed by atoms with Crippen molar-refractivity contribution in [1.29, 1.82) is 0 Å². The van der Waals surface area contributed by atoms with Gasteiger partial charge in [0.25, 0.3) is 0 Å². The van der Waals surface area contributed by atoms with E-state index in [1.807, 2.05) is 0 Å². The maximum absolute atomic E-state index is 3.51. The van der Waals surface area contributed by atoms with Gasteiger partial charge in [-0.2, -0.15) is 0 Å². The molecule has 0 N–H and O–H groups in total. The van der Waals surface area contributed by atoms with Gasteiger partial charge >= 0.3 is 0 Å². The third-order valence-corrected chi connectivity index (χ3v) is 4.17. The molecular formula is C10H11Br3. The van der Waals surface area contributed by atoms with Gasteiger partial charge in [0.15, 0.2) is 0 Å². The Morgan fingerprint density at radius 3 is 2.38 bits per heavy atom. The van der Waals surface area contributed by atoms with Crippen LogP contribution in [0.3, 0.4) is 0 Å². The van der Waals surface area contributed by atoms with Crippen molar-refractivity contribution >= 4 is 47.8 Å². The first-order valence-electron chi connectivity index (χ1n) is 4.12. The van der Waals surface area contributed by atoms with Crippen LogP contribution in [0.15, 0.2) is 28.7 Å². The lowest BCUT2D eigenvalue weighted by atomic mass is 10.0. The van der Waals surface area contributed by atoms with Crippen LogP contribution in [0.2, 0.25) is 0 Å². The number of halogens is 3. The van der Waals surface area contributed by atoms with E-state index in [1.54, 1.807) is 0 Å². The van der Waals surface area contributed by atoms with Crippen LogP contribution in [0.5, 0.6) is 0 Å². The average Bonchev–Trinajstić information content (AvgIpc) is 2.14. The minimum Gasteiger partial charge on any atom is -0.0925 e.